The molecule has 0 aromatic heterocycles. The highest BCUT2D eigenvalue weighted by Crippen LogP contribution is 2.30. The highest BCUT2D eigenvalue weighted by Gasteiger charge is 2.19. The van der Waals surface area contributed by atoms with Crippen LogP contribution in [-0.4, -0.2) is 17.0 Å². The van der Waals surface area contributed by atoms with Gasteiger partial charge in [-0.25, -0.2) is 0 Å². The zero-order chi connectivity index (χ0) is 13.5. The molecule has 1 aliphatic rings. The largest absolute Gasteiger partial charge is 0.454 e. The van der Waals surface area contributed by atoms with Crippen molar-refractivity contribution in [3.8, 4) is 0 Å². The summed E-state index contributed by atoms with van der Waals surface area (Å²) in [4.78, 5) is 22.7. The van der Waals surface area contributed by atoms with Crippen molar-refractivity contribution in [3.63, 3.8) is 0 Å². The van der Waals surface area contributed by atoms with Gasteiger partial charge in [0.2, 0.25) is 5.12 Å². The Morgan fingerprint density at radius 1 is 1.56 bits per heavy atom. The highest BCUT2D eigenvalue weighted by molar-refractivity contribution is 8.14. The molecule has 0 N–H and O–H groups in total. The van der Waals surface area contributed by atoms with Gasteiger partial charge in [-0.05, 0) is 43.9 Å². The molecule has 1 rings (SSSR count). The van der Waals surface area contributed by atoms with Gasteiger partial charge < -0.3 is 4.74 Å². The monoisotopic (exact) mass is 268 g/mol. The third-order valence-electron chi connectivity index (χ3n) is 3.07. The number of carbonyl (C=O) groups excluding carboxylic acids is 2. The molecule has 0 aromatic rings. The van der Waals surface area contributed by atoms with Crippen molar-refractivity contribution in [3.05, 3.63) is 23.8 Å². The van der Waals surface area contributed by atoms with Gasteiger partial charge in [-0.15, -0.1) is 0 Å². The molecule has 100 valence electrons. The first-order chi connectivity index (χ1) is 8.54. The van der Waals surface area contributed by atoms with Crippen LogP contribution in [0.15, 0.2) is 23.8 Å². The van der Waals surface area contributed by atoms with E-state index in [9.17, 15) is 9.59 Å². The van der Waals surface area contributed by atoms with Crippen LogP contribution < -0.4 is 0 Å². The molecule has 0 amide bonds. The van der Waals surface area contributed by atoms with Gasteiger partial charge in [0, 0.05) is 12.0 Å². The summed E-state index contributed by atoms with van der Waals surface area (Å²) in [7, 11) is 0. The number of hydrogen-bond donors (Lipinski definition) is 0. The van der Waals surface area contributed by atoms with Crippen molar-refractivity contribution >= 4 is 22.8 Å². The Kier molecular flexibility index (Phi) is 6.19. The van der Waals surface area contributed by atoms with Crippen molar-refractivity contribution in [2.75, 3.05) is 5.94 Å². The van der Waals surface area contributed by atoms with E-state index in [0.717, 1.165) is 36.6 Å². The molecule has 0 spiro atoms. The van der Waals surface area contributed by atoms with Crippen LogP contribution in [0.2, 0.25) is 0 Å². The molecule has 0 fully saturated rings. The fraction of sp³-hybridized carbons (Fsp3) is 0.571. The fourth-order valence-corrected chi connectivity index (χ4v) is 2.48. The fourth-order valence-electron chi connectivity index (χ4n) is 1.81. The summed E-state index contributed by atoms with van der Waals surface area (Å²) in [5.74, 6) is 0.354. The van der Waals surface area contributed by atoms with Crippen LogP contribution in [0.25, 0.3) is 0 Å². The number of rotatable bonds is 5. The van der Waals surface area contributed by atoms with Crippen LogP contribution in [0.1, 0.15) is 39.5 Å². The van der Waals surface area contributed by atoms with Gasteiger partial charge >= 0.3 is 5.97 Å². The SMILES string of the molecule is C=C(C)[C@@H]1CC=C(C(=O)SCOC(=O)CC)CC1. The Bertz CT molecular complexity index is 371. The number of esters is 1. The lowest BCUT2D eigenvalue weighted by atomic mass is 9.86. The summed E-state index contributed by atoms with van der Waals surface area (Å²) in [5.41, 5.74) is 2.03. The van der Waals surface area contributed by atoms with Crippen LogP contribution in [0.3, 0.4) is 0 Å². The normalized spacial score (nSPS) is 19.0. The zero-order valence-corrected chi connectivity index (χ0v) is 11.8. The van der Waals surface area contributed by atoms with Gasteiger partial charge in [-0.1, -0.05) is 25.2 Å². The highest BCUT2D eigenvalue weighted by atomic mass is 32.2. The second-order valence-electron chi connectivity index (χ2n) is 4.47. The third-order valence-corrected chi connectivity index (χ3v) is 3.83. The van der Waals surface area contributed by atoms with Gasteiger partial charge in [0.15, 0.2) is 0 Å². The lowest BCUT2D eigenvalue weighted by Crippen LogP contribution is -2.11. The van der Waals surface area contributed by atoms with Gasteiger partial charge in [-0.2, -0.15) is 0 Å². The molecule has 0 heterocycles. The molecular formula is C14H20O3S. The van der Waals surface area contributed by atoms with E-state index in [1.54, 1.807) is 6.92 Å². The lowest BCUT2D eigenvalue weighted by Gasteiger charge is -2.21. The number of ether oxygens (including phenoxy) is 1. The van der Waals surface area contributed by atoms with E-state index in [1.807, 2.05) is 13.0 Å². The summed E-state index contributed by atoms with van der Waals surface area (Å²) in [6, 6.07) is 0. The first-order valence-corrected chi connectivity index (χ1v) is 7.20. The standard InChI is InChI=1S/C14H20O3S/c1-4-13(15)17-9-18-14(16)12-7-5-11(6-8-12)10(2)3/h7,11H,2,4-6,8-9H2,1,3H3/t11-/m1/s1. The number of allylic oxidation sites excluding steroid dienone is 2. The molecule has 0 aromatic carbocycles. The second-order valence-corrected chi connectivity index (χ2v) is 5.36. The molecule has 1 atom stereocenters. The number of thioether (sulfide) groups is 1. The smallest absolute Gasteiger partial charge is 0.306 e. The van der Waals surface area contributed by atoms with E-state index in [1.165, 1.54) is 5.57 Å². The maximum Gasteiger partial charge on any atom is 0.306 e. The van der Waals surface area contributed by atoms with Gasteiger partial charge in [0.1, 0.15) is 5.94 Å². The molecule has 0 radical (unpaired) electrons. The Morgan fingerprint density at radius 2 is 2.28 bits per heavy atom. The molecule has 0 bridgehead atoms. The molecular weight excluding hydrogens is 248 g/mol. The number of hydrogen-bond acceptors (Lipinski definition) is 4. The maximum atomic E-state index is 11.8. The summed E-state index contributed by atoms with van der Waals surface area (Å²) < 4.78 is 4.87. The van der Waals surface area contributed by atoms with Crippen molar-refractivity contribution in [2.24, 2.45) is 5.92 Å². The van der Waals surface area contributed by atoms with Crippen LogP contribution in [0.4, 0.5) is 0 Å². The van der Waals surface area contributed by atoms with Gasteiger partial charge in [0.05, 0.1) is 0 Å². The molecule has 18 heavy (non-hydrogen) atoms. The van der Waals surface area contributed by atoms with Crippen molar-refractivity contribution in [2.45, 2.75) is 39.5 Å². The summed E-state index contributed by atoms with van der Waals surface area (Å²) >= 11 is 1.06. The lowest BCUT2D eigenvalue weighted by molar-refractivity contribution is -0.140. The van der Waals surface area contributed by atoms with E-state index in [0.29, 0.717) is 12.3 Å². The minimum atomic E-state index is -0.268. The minimum Gasteiger partial charge on any atom is -0.454 e. The van der Waals surface area contributed by atoms with E-state index in [2.05, 4.69) is 6.58 Å². The summed E-state index contributed by atoms with van der Waals surface area (Å²) in [6.07, 6.45) is 5.02. The quantitative estimate of drug-likeness (QED) is 0.435. The Hall–Kier alpha value is -1.03. The molecule has 0 aliphatic heterocycles. The topological polar surface area (TPSA) is 43.4 Å². The van der Waals surface area contributed by atoms with Crippen molar-refractivity contribution < 1.29 is 14.3 Å². The van der Waals surface area contributed by atoms with Crippen molar-refractivity contribution in [1.82, 2.24) is 0 Å². The summed E-state index contributed by atoms with van der Waals surface area (Å²) in [6.45, 7) is 7.71. The van der Waals surface area contributed by atoms with Gasteiger partial charge in [-0.3, -0.25) is 9.59 Å². The van der Waals surface area contributed by atoms with E-state index in [-0.39, 0.29) is 17.0 Å². The van der Waals surface area contributed by atoms with E-state index >= 15 is 0 Å². The van der Waals surface area contributed by atoms with E-state index < -0.39 is 0 Å². The molecule has 0 unspecified atom stereocenters. The Morgan fingerprint density at radius 3 is 2.78 bits per heavy atom. The molecule has 1 aliphatic carbocycles. The maximum absolute atomic E-state index is 11.8. The van der Waals surface area contributed by atoms with Crippen LogP contribution in [-0.2, 0) is 14.3 Å². The zero-order valence-electron chi connectivity index (χ0n) is 11.0. The second kappa shape index (κ2) is 7.41. The van der Waals surface area contributed by atoms with Crippen molar-refractivity contribution in [1.29, 1.82) is 0 Å². The van der Waals surface area contributed by atoms with E-state index in [4.69, 9.17) is 4.74 Å². The molecule has 0 saturated heterocycles. The predicted octanol–water partition coefficient (Wildman–Crippen LogP) is 3.46. The number of carbonyl (C=O) groups is 2. The summed E-state index contributed by atoms with van der Waals surface area (Å²) in [5, 5.41) is 0.0269. The van der Waals surface area contributed by atoms with Crippen LogP contribution in [0.5, 0.6) is 0 Å². The minimum absolute atomic E-state index is 0.0269. The van der Waals surface area contributed by atoms with Crippen LogP contribution in [0, 0.1) is 5.92 Å². The Balaban J connectivity index is 2.35. The average Bonchev–Trinajstić information content (AvgIpc) is 2.38. The first kappa shape index (κ1) is 15.0. The predicted molar refractivity (Wildman–Crippen MR) is 74.1 cm³/mol. The first-order valence-electron chi connectivity index (χ1n) is 6.21. The third kappa shape index (κ3) is 4.69. The van der Waals surface area contributed by atoms with Crippen LogP contribution >= 0.6 is 11.8 Å². The molecule has 4 heteroatoms. The molecule has 0 saturated carbocycles. The average molecular weight is 268 g/mol. The molecule has 3 nitrogen and oxygen atoms in total. The van der Waals surface area contributed by atoms with Gasteiger partial charge in [0.25, 0.3) is 0 Å². The Labute approximate surface area is 113 Å².